The van der Waals surface area contributed by atoms with Crippen LogP contribution < -0.4 is 10.2 Å². The van der Waals surface area contributed by atoms with Gasteiger partial charge in [0.25, 0.3) is 0 Å². The number of anilines is 1. The van der Waals surface area contributed by atoms with E-state index in [0.717, 1.165) is 37.7 Å². The Morgan fingerprint density at radius 1 is 1.19 bits per heavy atom. The molecule has 7 heteroatoms. The molecule has 0 radical (unpaired) electrons. The van der Waals surface area contributed by atoms with Crippen molar-refractivity contribution in [1.29, 1.82) is 0 Å². The van der Waals surface area contributed by atoms with Gasteiger partial charge in [-0.2, -0.15) is 0 Å². The van der Waals surface area contributed by atoms with Crippen molar-refractivity contribution >= 4 is 28.3 Å². The van der Waals surface area contributed by atoms with E-state index in [0.29, 0.717) is 18.7 Å². The first kappa shape index (κ1) is 19.2. The first-order valence-electron chi connectivity index (χ1n) is 9.21. The molecule has 2 heterocycles. The van der Waals surface area contributed by atoms with E-state index in [4.69, 9.17) is 4.74 Å². The summed E-state index contributed by atoms with van der Waals surface area (Å²) in [5, 5.41) is 6.88. The molecule has 3 rings (SSSR count). The van der Waals surface area contributed by atoms with Gasteiger partial charge in [-0.3, -0.25) is 4.99 Å². The normalized spacial score (nSPS) is 15.0. The largest absolute Gasteiger partial charge is 0.462 e. The Balaban J connectivity index is 1.50. The van der Waals surface area contributed by atoms with Crippen LogP contribution in [-0.4, -0.2) is 56.7 Å². The highest BCUT2D eigenvalue weighted by atomic mass is 32.1. The minimum Gasteiger partial charge on any atom is -0.462 e. The summed E-state index contributed by atoms with van der Waals surface area (Å²) in [4.78, 5) is 20.9. The number of ether oxygens (including phenoxy) is 1. The highest BCUT2D eigenvalue weighted by Gasteiger charge is 2.20. The standard InChI is InChI=1S/C20H26N4O2S/c1-3-26-19(25)17-8-6-16(7-9-17)15-22-20(21-2)24-12-10-23(11-13-24)18-5-4-14-27-18/h4-9,14H,3,10-13,15H2,1-2H3,(H,21,22). The molecule has 1 fully saturated rings. The molecule has 0 spiro atoms. The van der Waals surface area contributed by atoms with Crippen molar-refractivity contribution in [3.05, 3.63) is 52.9 Å². The smallest absolute Gasteiger partial charge is 0.338 e. The number of piperazine rings is 1. The highest BCUT2D eigenvalue weighted by Crippen LogP contribution is 2.22. The van der Waals surface area contributed by atoms with Gasteiger partial charge in [0.1, 0.15) is 0 Å². The lowest BCUT2D eigenvalue weighted by molar-refractivity contribution is 0.0526. The van der Waals surface area contributed by atoms with E-state index in [9.17, 15) is 4.79 Å². The second-order valence-corrected chi connectivity index (χ2v) is 7.17. The van der Waals surface area contributed by atoms with Gasteiger partial charge >= 0.3 is 5.97 Å². The number of carbonyl (C=O) groups excluding carboxylic acids is 1. The Morgan fingerprint density at radius 2 is 1.93 bits per heavy atom. The maximum Gasteiger partial charge on any atom is 0.338 e. The van der Waals surface area contributed by atoms with E-state index < -0.39 is 0 Å². The van der Waals surface area contributed by atoms with Crippen LogP contribution in [0, 0.1) is 0 Å². The Hall–Kier alpha value is -2.54. The van der Waals surface area contributed by atoms with E-state index >= 15 is 0 Å². The Labute approximate surface area is 164 Å². The van der Waals surface area contributed by atoms with Gasteiger partial charge in [-0.05, 0) is 42.1 Å². The van der Waals surface area contributed by atoms with Crippen molar-refractivity contribution in [2.24, 2.45) is 4.99 Å². The van der Waals surface area contributed by atoms with Crippen LogP contribution in [0.25, 0.3) is 0 Å². The zero-order chi connectivity index (χ0) is 19.1. The maximum absolute atomic E-state index is 11.7. The van der Waals surface area contributed by atoms with E-state index in [-0.39, 0.29) is 5.97 Å². The number of guanidine groups is 1. The Kier molecular flexibility index (Phi) is 6.70. The fourth-order valence-corrected chi connectivity index (χ4v) is 3.86. The quantitative estimate of drug-likeness (QED) is 0.486. The molecule has 1 aromatic heterocycles. The first-order valence-corrected chi connectivity index (χ1v) is 10.1. The molecule has 27 heavy (non-hydrogen) atoms. The molecule has 0 amide bonds. The second kappa shape index (κ2) is 9.41. The highest BCUT2D eigenvalue weighted by molar-refractivity contribution is 7.14. The van der Waals surface area contributed by atoms with E-state index in [1.54, 1.807) is 23.5 Å². The third kappa shape index (κ3) is 5.01. The number of rotatable bonds is 5. The number of thiophene rings is 1. The summed E-state index contributed by atoms with van der Waals surface area (Å²) in [6, 6.07) is 11.8. The number of aliphatic imine (C=N–C) groups is 1. The van der Waals surface area contributed by atoms with E-state index in [1.807, 2.05) is 26.1 Å². The first-order chi connectivity index (χ1) is 13.2. The Bertz CT molecular complexity index is 751. The van der Waals surface area contributed by atoms with Crippen molar-refractivity contribution in [3.63, 3.8) is 0 Å². The zero-order valence-electron chi connectivity index (χ0n) is 15.9. The van der Waals surface area contributed by atoms with Crippen LogP contribution in [0.3, 0.4) is 0 Å². The predicted octanol–water partition coefficient (Wildman–Crippen LogP) is 2.82. The Morgan fingerprint density at radius 3 is 2.52 bits per heavy atom. The van der Waals surface area contributed by atoms with Crippen LogP contribution in [0.15, 0.2) is 46.8 Å². The van der Waals surface area contributed by atoms with Gasteiger partial charge in [-0.1, -0.05) is 12.1 Å². The summed E-state index contributed by atoms with van der Waals surface area (Å²) in [5.74, 6) is 0.631. The van der Waals surface area contributed by atoms with Gasteiger partial charge in [0, 0.05) is 39.8 Å². The summed E-state index contributed by atoms with van der Waals surface area (Å²) in [7, 11) is 1.82. The summed E-state index contributed by atoms with van der Waals surface area (Å²) < 4.78 is 5.01. The molecule has 1 aromatic carbocycles. The molecule has 0 atom stereocenters. The number of hydrogen-bond acceptors (Lipinski definition) is 5. The predicted molar refractivity (Wildman–Crippen MR) is 111 cm³/mol. The molecule has 0 saturated carbocycles. The third-order valence-corrected chi connectivity index (χ3v) is 5.45. The van der Waals surface area contributed by atoms with Crippen molar-refractivity contribution < 1.29 is 9.53 Å². The van der Waals surface area contributed by atoms with Crippen molar-refractivity contribution in [3.8, 4) is 0 Å². The van der Waals surface area contributed by atoms with E-state index in [2.05, 4.69) is 37.6 Å². The summed E-state index contributed by atoms with van der Waals surface area (Å²) >= 11 is 1.79. The molecular weight excluding hydrogens is 360 g/mol. The molecule has 2 aromatic rings. The lowest BCUT2D eigenvalue weighted by Crippen LogP contribution is -2.52. The van der Waals surface area contributed by atoms with Gasteiger partial charge < -0.3 is 19.9 Å². The van der Waals surface area contributed by atoms with Crippen LogP contribution in [0.2, 0.25) is 0 Å². The fraction of sp³-hybridized carbons (Fsp3) is 0.400. The third-order valence-electron chi connectivity index (χ3n) is 4.52. The molecule has 0 unspecified atom stereocenters. The lowest BCUT2D eigenvalue weighted by atomic mass is 10.1. The fourth-order valence-electron chi connectivity index (χ4n) is 3.07. The van der Waals surface area contributed by atoms with Gasteiger partial charge in [-0.25, -0.2) is 4.79 Å². The zero-order valence-corrected chi connectivity index (χ0v) is 16.7. The van der Waals surface area contributed by atoms with Gasteiger partial charge in [0.05, 0.1) is 17.2 Å². The van der Waals surface area contributed by atoms with Crippen LogP contribution in [0.1, 0.15) is 22.8 Å². The summed E-state index contributed by atoms with van der Waals surface area (Å²) in [6.45, 7) is 6.74. The number of nitrogens with one attached hydrogen (secondary N) is 1. The molecular formula is C20H26N4O2S. The molecule has 0 aliphatic carbocycles. The summed E-state index contributed by atoms with van der Waals surface area (Å²) in [6.07, 6.45) is 0. The van der Waals surface area contributed by atoms with Crippen molar-refractivity contribution in [1.82, 2.24) is 10.2 Å². The molecule has 1 N–H and O–H groups in total. The number of carbonyl (C=O) groups is 1. The number of nitrogens with zero attached hydrogens (tertiary/aromatic N) is 3. The van der Waals surface area contributed by atoms with E-state index in [1.165, 1.54) is 5.00 Å². The minimum atomic E-state index is -0.281. The number of benzene rings is 1. The molecule has 144 valence electrons. The van der Waals surface area contributed by atoms with Crippen LogP contribution in [-0.2, 0) is 11.3 Å². The molecule has 0 bridgehead atoms. The monoisotopic (exact) mass is 386 g/mol. The van der Waals surface area contributed by atoms with Crippen LogP contribution >= 0.6 is 11.3 Å². The van der Waals surface area contributed by atoms with Gasteiger partial charge in [0.2, 0.25) is 0 Å². The van der Waals surface area contributed by atoms with Crippen LogP contribution in [0.4, 0.5) is 5.00 Å². The SMILES string of the molecule is CCOC(=O)c1ccc(CNC(=NC)N2CCN(c3cccs3)CC2)cc1. The minimum absolute atomic E-state index is 0.281. The lowest BCUT2D eigenvalue weighted by Gasteiger charge is -2.37. The number of hydrogen-bond donors (Lipinski definition) is 1. The second-order valence-electron chi connectivity index (χ2n) is 6.24. The average Bonchev–Trinajstić information content (AvgIpc) is 3.24. The van der Waals surface area contributed by atoms with Gasteiger partial charge in [-0.15, -0.1) is 11.3 Å². The molecule has 1 saturated heterocycles. The summed E-state index contributed by atoms with van der Waals surface area (Å²) in [5.41, 5.74) is 1.68. The average molecular weight is 387 g/mol. The van der Waals surface area contributed by atoms with Crippen LogP contribution in [0.5, 0.6) is 0 Å². The van der Waals surface area contributed by atoms with Crippen molar-refractivity contribution in [2.75, 3.05) is 44.7 Å². The molecule has 6 nitrogen and oxygen atoms in total. The van der Waals surface area contributed by atoms with Crippen molar-refractivity contribution in [2.45, 2.75) is 13.5 Å². The molecule has 1 aliphatic heterocycles. The number of esters is 1. The maximum atomic E-state index is 11.7. The van der Waals surface area contributed by atoms with Gasteiger partial charge in [0.15, 0.2) is 5.96 Å². The molecule has 1 aliphatic rings. The topological polar surface area (TPSA) is 57.2 Å².